The van der Waals surface area contributed by atoms with Gasteiger partial charge in [0, 0.05) is 25.7 Å². The van der Waals surface area contributed by atoms with Crippen LogP contribution in [0.15, 0.2) is 0 Å². The predicted octanol–water partition coefficient (Wildman–Crippen LogP) is 3.79. The Morgan fingerprint density at radius 1 is 0.731 bits per heavy atom. The maximum Gasteiger partial charge on any atom is 0.309 e. The van der Waals surface area contributed by atoms with E-state index in [0.29, 0.717) is 25.7 Å². The second kappa shape index (κ2) is 15.5. The molecule has 0 fully saturated rings. The molecule has 0 aliphatic rings. The van der Waals surface area contributed by atoms with E-state index in [1.165, 1.54) is 14.2 Å². The molecule has 0 aliphatic carbocycles. The fourth-order valence-electron chi connectivity index (χ4n) is 2.84. The Labute approximate surface area is 157 Å². The van der Waals surface area contributed by atoms with Crippen LogP contribution in [0.5, 0.6) is 0 Å². The molecule has 150 valence electrons. The maximum absolute atomic E-state index is 12.1. The Kier molecular flexibility index (Phi) is 14.5. The normalized spacial score (nSPS) is 11.7. The fourth-order valence-corrected chi connectivity index (χ4v) is 2.84. The van der Waals surface area contributed by atoms with Gasteiger partial charge in [-0.3, -0.25) is 14.4 Å². The molecule has 0 saturated carbocycles. The first-order chi connectivity index (χ1) is 12.4. The van der Waals surface area contributed by atoms with Crippen molar-refractivity contribution in [2.24, 2.45) is 5.92 Å². The first-order valence-corrected chi connectivity index (χ1v) is 9.56. The molecule has 0 spiro atoms. The molecule has 26 heavy (non-hydrogen) atoms. The lowest BCUT2D eigenvalue weighted by atomic mass is 9.93. The number of ketones is 2. The first kappa shape index (κ1) is 24.3. The number of rotatable bonds is 16. The minimum atomic E-state index is -0.385. The van der Waals surface area contributed by atoms with Gasteiger partial charge in [0.15, 0.2) is 0 Å². The zero-order valence-electron chi connectivity index (χ0n) is 16.5. The van der Waals surface area contributed by atoms with Crippen molar-refractivity contribution in [3.8, 4) is 0 Å². The number of hydrogen-bond acceptors (Lipinski definition) is 6. The molecule has 6 nitrogen and oxygen atoms in total. The van der Waals surface area contributed by atoms with Crippen molar-refractivity contribution in [2.75, 3.05) is 14.2 Å². The van der Waals surface area contributed by atoms with Crippen molar-refractivity contribution in [1.29, 1.82) is 0 Å². The molecule has 0 rings (SSSR count). The summed E-state index contributed by atoms with van der Waals surface area (Å²) in [6.07, 6.45) is 8.11. The molecule has 1 unspecified atom stereocenters. The fraction of sp³-hybridized carbons (Fsp3) is 0.800. The number of ether oxygens (including phenoxy) is 2. The molecule has 0 aromatic rings. The van der Waals surface area contributed by atoms with E-state index in [1.807, 2.05) is 0 Å². The summed E-state index contributed by atoms with van der Waals surface area (Å²) >= 11 is 0. The maximum atomic E-state index is 12.1. The third-order valence-electron chi connectivity index (χ3n) is 4.40. The van der Waals surface area contributed by atoms with Crippen molar-refractivity contribution in [3.05, 3.63) is 0 Å². The molecular formula is C20H34O6. The third kappa shape index (κ3) is 13.6. The largest absolute Gasteiger partial charge is 0.469 e. The van der Waals surface area contributed by atoms with Crippen LogP contribution in [0.2, 0.25) is 0 Å². The van der Waals surface area contributed by atoms with Crippen LogP contribution in [0, 0.1) is 5.92 Å². The lowest BCUT2D eigenvalue weighted by Gasteiger charge is -2.13. The zero-order chi connectivity index (χ0) is 19.8. The summed E-state index contributed by atoms with van der Waals surface area (Å²) in [5.41, 5.74) is 0. The van der Waals surface area contributed by atoms with Gasteiger partial charge in [-0.2, -0.15) is 0 Å². The highest BCUT2D eigenvalue weighted by Gasteiger charge is 2.21. The van der Waals surface area contributed by atoms with Crippen LogP contribution in [-0.2, 0) is 28.7 Å². The number of Topliss-reactive ketones (excluding diaryl/α,β-unsaturated/α-hetero) is 2. The average molecular weight is 370 g/mol. The number of hydrogen-bond donors (Lipinski definition) is 0. The summed E-state index contributed by atoms with van der Waals surface area (Å²) in [4.78, 5) is 45.9. The van der Waals surface area contributed by atoms with Gasteiger partial charge in [0.2, 0.25) is 0 Å². The second-order valence-electron chi connectivity index (χ2n) is 6.75. The van der Waals surface area contributed by atoms with E-state index < -0.39 is 0 Å². The average Bonchev–Trinajstić information content (AvgIpc) is 2.61. The quantitative estimate of drug-likeness (QED) is 0.303. The summed E-state index contributed by atoms with van der Waals surface area (Å²) in [6.45, 7) is 1.57. The summed E-state index contributed by atoms with van der Waals surface area (Å²) in [5, 5.41) is 0. The highest BCUT2D eigenvalue weighted by atomic mass is 16.5. The van der Waals surface area contributed by atoms with Gasteiger partial charge in [-0.05, 0) is 32.6 Å². The highest BCUT2D eigenvalue weighted by molar-refractivity contribution is 5.84. The minimum Gasteiger partial charge on any atom is -0.469 e. The lowest BCUT2D eigenvalue weighted by Crippen LogP contribution is -2.20. The molecule has 0 N–H and O–H groups in total. The van der Waals surface area contributed by atoms with Gasteiger partial charge in [-0.15, -0.1) is 0 Å². The van der Waals surface area contributed by atoms with E-state index in [9.17, 15) is 19.2 Å². The summed E-state index contributed by atoms with van der Waals surface area (Å²) in [7, 11) is 2.72. The van der Waals surface area contributed by atoms with Gasteiger partial charge < -0.3 is 14.3 Å². The van der Waals surface area contributed by atoms with Crippen molar-refractivity contribution < 1.29 is 28.7 Å². The van der Waals surface area contributed by atoms with Gasteiger partial charge in [-0.1, -0.05) is 25.7 Å². The number of carbonyl (C=O) groups is 4. The standard InChI is InChI=1S/C20H34O6/c1-16(21)11-7-6-8-12-17(20(24)26-3)15-18(22)13-9-4-5-10-14-19(23)25-2/h17H,4-15H2,1-3H3. The highest BCUT2D eigenvalue weighted by Crippen LogP contribution is 2.18. The molecule has 0 bridgehead atoms. The molecule has 6 heteroatoms. The Hall–Kier alpha value is -1.72. The Balaban J connectivity index is 3.98. The Bertz CT molecular complexity index is 444. The molecule has 1 atom stereocenters. The summed E-state index contributed by atoms with van der Waals surface area (Å²) < 4.78 is 9.39. The van der Waals surface area contributed by atoms with Crippen LogP contribution >= 0.6 is 0 Å². The SMILES string of the molecule is COC(=O)CCCCCCC(=O)CC(CCCCCC(C)=O)C(=O)OC. The molecular weight excluding hydrogens is 336 g/mol. The monoisotopic (exact) mass is 370 g/mol. The van der Waals surface area contributed by atoms with Crippen molar-refractivity contribution in [3.63, 3.8) is 0 Å². The van der Waals surface area contributed by atoms with Crippen LogP contribution in [0.25, 0.3) is 0 Å². The summed E-state index contributed by atoms with van der Waals surface area (Å²) in [6, 6.07) is 0. The Morgan fingerprint density at radius 3 is 1.88 bits per heavy atom. The van der Waals surface area contributed by atoms with E-state index in [1.54, 1.807) is 6.92 Å². The minimum absolute atomic E-state index is 0.0807. The topological polar surface area (TPSA) is 86.7 Å². The van der Waals surface area contributed by atoms with Crippen LogP contribution in [0.4, 0.5) is 0 Å². The van der Waals surface area contributed by atoms with Crippen molar-refractivity contribution in [2.45, 2.75) is 84.0 Å². The molecule has 0 aromatic heterocycles. The lowest BCUT2D eigenvalue weighted by molar-refractivity contribution is -0.147. The van der Waals surface area contributed by atoms with E-state index in [4.69, 9.17) is 4.74 Å². The van der Waals surface area contributed by atoms with E-state index in [-0.39, 0.29) is 35.8 Å². The summed E-state index contributed by atoms with van der Waals surface area (Å²) in [5.74, 6) is -0.661. The van der Waals surface area contributed by atoms with Crippen molar-refractivity contribution in [1.82, 2.24) is 0 Å². The smallest absolute Gasteiger partial charge is 0.309 e. The van der Waals surface area contributed by atoms with Gasteiger partial charge in [0.25, 0.3) is 0 Å². The van der Waals surface area contributed by atoms with E-state index in [2.05, 4.69) is 4.74 Å². The van der Waals surface area contributed by atoms with Crippen LogP contribution in [0.1, 0.15) is 84.0 Å². The molecule has 0 aliphatic heterocycles. The van der Waals surface area contributed by atoms with E-state index >= 15 is 0 Å². The van der Waals surface area contributed by atoms with Crippen molar-refractivity contribution >= 4 is 23.5 Å². The van der Waals surface area contributed by atoms with Gasteiger partial charge in [0.05, 0.1) is 20.1 Å². The number of methoxy groups -OCH3 is 2. The van der Waals surface area contributed by atoms with Crippen LogP contribution < -0.4 is 0 Å². The number of esters is 2. The van der Waals surface area contributed by atoms with Crippen LogP contribution in [-0.4, -0.2) is 37.7 Å². The van der Waals surface area contributed by atoms with Crippen LogP contribution in [0.3, 0.4) is 0 Å². The molecule has 0 aromatic carbocycles. The van der Waals surface area contributed by atoms with E-state index in [0.717, 1.165) is 44.9 Å². The van der Waals surface area contributed by atoms with Gasteiger partial charge >= 0.3 is 11.9 Å². The number of carbonyl (C=O) groups excluding carboxylic acids is 4. The molecule has 0 amide bonds. The molecule has 0 radical (unpaired) electrons. The Morgan fingerprint density at radius 2 is 1.31 bits per heavy atom. The first-order valence-electron chi connectivity index (χ1n) is 9.56. The van der Waals surface area contributed by atoms with Gasteiger partial charge in [0.1, 0.15) is 11.6 Å². The second-order valence-corrected chi connectivity index (χ2v) is 6.75. The predicted molar refractivity (Wildman–Crippen MR) is 98.6 cm³/mol. The molecule has 0 saturated heterocycles. The zero-order valence-corrected chi connectivity index (χ0v) is 16.5. The third-order valence-corrected chi connectivity index (χ3v) is 4.40. The number of unbranched alkanes of at least 4 members (excludes halogenated alkanes) is 5. The molecule has 0 heterocycles. The van der Waals surface area contributed by atoms with Gasteiger partial charge in [-0.25, -0.2) is 0 Å².